The zero-order chi connectivity index (χ0) is 13.9. The Kier molecular flexibility index (Phi) is 4.77. The van der Waals surface area contributed by atoms with Gasteiger partial charge in [-0.25, -0.2) is 13.1 Å². The van der Waals surface area contributed by atoms with Crippen molar-refractivity contribution in [2.45, 2.75) is 42.5 Å². The molecule has 0 heterocycles. The predicted molar refractivity (Wildman–Crippen MR) is 78.3 cm³/mol. The third-order valence-corrected chi connectivity index (χ3v) is 5.85. The van der Waals surface area contributed by atoms with E-state index in [9.17, 15) is 8.42 Å². The number of hydrogen-bond acceptors (Lipinski definition) is 2. The monoisotopic (exact) mass is 321 g/mol. The summed E-state index contributed by atoms with van der Waals surface area (Å²) in [5.74, 6) is 0.298. The highest BCUT2D eigenvalue weighted by Crippen LogP contribution is 2.31. The molecular formula is C13H17Cl2NO2S. The fourth-order valence-corrected chi connectivity index (χ4v) is 4.64. The lowest BCUT2D eigenvalue weighted by molar-refractivity contribution is 0.298. The van der Waals surface area contributed by atoms with E-state index in [1.807, 2.05) is 0 Å². The molecule has 0 amide bonds. The summed E-state index contributed by atoms with van der Waals surface area (Å²) in [4.78, 5) is 0.190. The topological polar surface area (TPSA) is 46.2 Å². The average molecular weight is 322 g/mol. The number of halogens is 2. The maximum atomic E-state index is 12.4. The van der Waals surface area contributed by atoms with Crippen LogP contribution in [0.2, 0.25) is 5.02 Å². The smallest absolute Gasteiger partial charge is 0.207 e. The van der Waals surface area contributed by atoms with Crippen molar-refractivity contribution in [1.82, 2.24) is 4.72 Å². The third kappa shape index (κ3) is 3.63. The van der Waals surface area contributed by atoms with Crippen LogP contribution in [0.3, 0.4) is 0 Å². The average Bonchev–Trinajstić information content (AvgIpc) is 2.39. The number of hydrogen-bond donors (Lipinski definition) is 1. The molecule has 0 saturated heterocycles. The standard InChI is InChI=1S/C13H17Cl2NO2S/c14-10-13(7-2-1-3-8-13)16-19(17,18)12-6-4-5-11(15)9-12/h4-6,9,16H,1-3,7-8,10H2. The van der Waals surface area contributed by atoms with Crippen LogP contribution in [0, 0.1) is 0 Å². The van der Waals surface area contributed by atoms with E-state index in [1.165, 1.54) is 6.07 Å². The highest BCUT2D eigenvalue weighted by molar-refractivity contribution is 7.89. The van der Waals surface area contributed by atoms with E-state index in [-0.39, 0.29) is 4.90 Å². The molecule has 19 heavy (non-hydrogen) atoms. The Bertz CT molecular complexity index is 539. The van der Waals surface area contributed by atoms with Crippen molar-refractivity contribution in [1.29, 1.82) is 0 Å². The molecule has 6 heteroatoms. The number of benzene rings is 1. The molecule has 0 atom stereocenters. The zero-order valence-electron chi connectivity index (χ0n) is 10.5. The second-order valence-electron chi connectivity index (χ2n) is 5.04. The van der Waals surface area contributed by atoms with Gasteiger partial charge in [0.25, 0.3) is 0 Å². The van der Waals surface area contributed by atoms with Gasteiger partial charge in [-0.2, -0.15) is 0 Å². The van der Waals surface area contributed by atoms with Crippen molar-refractivity contribution in [2.75, 3.05) is 5.88 Å². The molecule has 1 fully saturated rings. The molecule has 0 bridgehead atoms. The Morgan fingerprint density at radius 2 is 1.89 bits per heavy atom. The highest BCUT2D eigenvalue weighted by atomic mass is 35.5. The first-order valence-corrected chi connectivity index (χ1v) is 8.73. The first kappa shape index (κ1) is 15.1. The number of nitrogens with one attached hydrogen (secondary N) is 1. The van der Waals surface area contributed by atoms with Gasteiger partial charge in [-0.1, -0.05) is 36.9 Å². The Morgan fingerprint density at radius 1 is 1.21 bits per heavy atom. The van der Waals surface area contributed by atoms with Crippen LogP contribution in [0.5, 0.6) is 0 Å². The summed E-state index contributed by atoms with van der Waals surface area (Å²) in [6, 6.07) is 6.28. The van der Waals surface area contributed by atoms with Crippen molar-refractivity contribution >= 4 is 33.2 Å². The molecule has 106 valence electrons. The van der Waals surface area contributed by atoms with Crippen LogP contribution in [0.25, 0.3) is 0 Å². The number of alkyl halides is 1. The molecule has 0 aliphatic heterocycles. The first-order chi connectivity index (χ1) is 8.97. The molecule has 1 saturated carbocycles. The Balaban J connectivity index is 2.25. The highest BCUT2D eigenvalue weighted by Gasteiger charge is 2.35. The maximum absolute atomic E-state index is 12.4. The van der Waals surface area contributed by atoms with Gasteiger partial charge in [0.1, 0.15) is 0 Å². The summed E-state index contributed by atoms with van der Waals surface area (Å²) in [5, 5.41) is 0.409. The summed E-state index contributed by atoms with van der Waals surface area (Å²) >= 11 is 11.9. The molecule has 1 aromatic rings. The molecule has 1 N–H and O–H groups in total. The molecule has 3 nitrogen and oxygen atoms in total. The van der Waals surface area contributed by atoms with E-state index in [0.29, 0.717) is 10.9 Å². The SMILES string of the molecule is O=S(=O)(NC1(CCl)CCCCC1)c1cccc(Cl)c1. The van der Waals surface area contributed by atoms with E-state index >= 15 is 0 Å². The molecule has 0 aromatic heterocycles. The lowest BCUT2D eigenvalue weighted by Gasteiger charge is -2.36. The normalized spacial score (nSPS) is 19.3. The van der Waals surface area contributed by atoms with Gasteiger partial charge in [-0.3, -0.25) is 0 Å². The van der Waals surface area contributed by atoms with Gasteiger partial charge in [0.15, 0.2) is 0 Å². The predicted octanol–water partition coefficient (Wildman–Crippen LogP) is 3.56. The van der Waals surface area contributed by atoms with Crippen molar-refractivity contribution in [3.63, 3.8) is 0 Å². The van der Waals surface area contributed by atoms with Gasteiger partial charge in [0, 0.05) is 16.4 Å². The van der Waals surface area contributed by atoms with E-state index in [0.717, 1.165) is 32.1 Å². The summed E-state index contributed by atoms with van der Waals surface area (Å²) in [6.45, 7) is 0. The van der Waals surface area contributed by atoms with Crippen LogP contribution in [-0.4, -0.2) is 19.8 Å². The van der Waals surface area contributed by atoms with Gasteiger partial charge in [0.2, 0.25) is 10.0 Å². The first-order valence-electron chi connectivity index (χ1n) is 6.33. The number of sulfonamides is 1. The van der Waals surface area contributed by atoms with Crippen LogP contribution >= 0.6 is 23.2 Å². The summed E-state index contributed by atoms with van der Waals surface area (Å²) in [6.07, 6.45) is 4.72. The molecule has 0 radical (unpaired) electrons. The molecule has 1 aliphatic rings. The van der Waals surface area contributed by atoms with Crippen LogP contribution in [0.1, 0.15) is 32.1 Å². The molecule has 0 spiro atoms. The quantitative estimate of drug-likeness (QED) is 0.862. The van der Waals surface area contributed by atoms with Crippen molar-refractivity contribution in [2.24, 2.45) is 0 Å². The summed E-state index contributed by atoms with van der Waals surface area (Å²) < 4.78 is 27.6. The largest absolute Gasteiger partial charge is 0.241 e. The molecule has 2 rings (SSSR count). The molecule has 1 aliphatic carbocycles. The van der Waals surface area contributed by atoms with Gasteiger partial charge in [-0.05, 0) is 31.0 Å². The minimum Gasteiger partial charge on any atom is -0.207 e. The fourth-order valence-electron chi connectivity index (χ4n) is 2.47. The maximum Gasteiger partial charge on any atom is 0.241 e. The number of rotatable bonds is 4. The van der Waals surface area contributed by atoms with Gasteiger partial charge < -0.3 is 0 Å². The minimum absolute atomic E-state index is 0.190. The van der Waals surface area contributed by atoms with Crippen LogP contribution in [-0.2, 0) is 10.0 Å². The van der Waals surface area contributed by atoms with Crippen LogP contribution in [0.4, 0.5) is 0 Å². The van der Waals surface area contributed by atoms with E-state index in [4.69, 9.17) is 23.2 Å². The third-order valence-electron chi connectivity index (χ3n) is 3.52. The minimum atomic E-state index is -3.57. The summed E-state index contributed by atoms with van der Waals surface area (Å²) in [7, 11) is -3.57. The fraction of sp³-hybridized carbons (Fsp3) is 0.538. The van der Waals surface area contributed by atoms with Gasteiger partial charge >= 0.3 is 0 Å². The van der Waals surface area contributed by atoms with E-state index < -0.39 is 15.6 Å². The van der Waals surface area contributed by atoms with Crippen molar-refractivity contribution in [3.8, 4) is 0 Å². The Hall–Kier alpha value is -0.290. The summed E-state index contributed by atoms with van der Waals surface area (Å²) in [5.41, 5.74) is -0.513. The van der Waals surface area contributed by atoms with Crippen molar-refractivity contribution in [3.05, 3.63) is 29.3 Å². The second kappa shape index (κ2) is 6.00. The van der Waals surface area contributed by atoms with Crippen LogP contribution < -0.4 is 4.72 Å². The lowest BCUT2D eigenvalue weighted by atomic mass is 9.84. The lowest BCUT2D eigenvalue weighted by Crippen LogP contribution is -2.51. The van der Waals surface area contributed by atoms with E-state index in [2.05, 4.69) is 4.72 Å². The molecular weight excluding hydrogens is 305 g/mol. The molecule has 1 aromatic carbocycles. The Morgan fingerprint density at radius 3 is 2.47 bits per heavy atom. The second-order valence-corrected chi connectivity index (χ2v) is 7.42. The van der Waals surface area contributed by atoms with Gasteiger partial charge in [0.05, 0.1) is 4.90 Å². The molecule has 0 unspecified atom stereocenters. The van der Waals surface area contributed by atoms with Crippen LogP contribution in [0.15, 0.2) is 29.2 Å². The van der Waals surface area contributed by atoms with E-state index in [1.54, 1.807) is 18.2 Å². The Labute approximate surface area is 124 Å². The van der Waals surface area contributed by atoms with Gasteiger partial charge in [-0.15, -0.1) is 11.6 Å². The van der Waals surface area contributed by atoms with Crippen molar-refractivity contribution < 1.29 is 8.42 Å². The zero-order valence-corrected chi connectivity index (χ0v) is 12.9.